The number of piperidine rings is 2. The quantitative estimate of drug-likeness (QED) is 0.497. The molecule has 7 nitrogen and oxygen atoms in total. The Balaban J connectivity index is 0. The fraction of sp³-hybridized carbons (Fsp3) is 0.944. The number of aliphatic hydroxyl groups excluding tert-OH is 1. The molecule has 158 valence electrons. The van der Waals surface area contributed by atoms with Gasteiger partial charge in [-0.15, -0.1) is 12.4 Å². The van der Waals surface area contributed by atoms with Gasteiger partial charge < -0.3 is 30.3 Å². The molecule has 2 aliphatic heterocycles. The number of hydrogen-bond donors (Lipinski definition) is 4. The summed E-state index contributed by atoms with van der Waals surface area (Å²) < 4.78 is 5.25. The molecule has 0 aliphatic carbocycles. The van der Waals surface area contributed by atoms with Crippen molar-refractivity contribution >= 4 is 18.5 Å². The molecule has 4 N–H and O–H groups in total. The second kappa shape index (κ2) is 12.0. The summed E-state index contributed by atoms with van der Waals surface area (Å²) in [5, 5.41) is 29.2. The maximum absolute atomic E-state index is 11.6. The highest BCUT2D eigenvalue weighted by Crippen LogP contribution is 2.22. The molecule has 0 aromatic rings. The van der Waals surface area contributed by atoms with Crippen molar-refractivity contribution < 1.29 is 24.9 Å². The molecule has 0 spiro atoms. The van der Waals surface area contributed by atoms with Gasteiger partial charge in [0.25, 0.3) is 0 Å². The Morgan fingerprint density at radius 2 is 1.35 bits per heavy atom. The Kier molecular flexibility index (Phi) is 12.7. The minimum absolute atomic E-state index is 0. The number of ether oxygens (including phenoxy) is 1. The third-order valence-electron chi connectivity index (χ3n) is 4.17. The van der Waals surface area contributed by atoms with Gasteiger partial charge in [0.1, 0.15) is 5.60 Å². The molecule has 0 bridgehead atoms. The number of halogens is 1. The van der Waals surface area contributed by atoms with Gasteiger partial charge in [0, 0.05) is 20.2 Å². The van der Waals surface area contributed by atoms with E-state index in [2.05, 4.69) is 5.32 Å². The van der Waals surface area contributed by atoms with Crippen LogP contribution in [0.15, 0.2) is 0 Å². The number of amides is 1. The first-order valence-electron chi connectivity index (χ1n) is 8.98. The van der Waals surface area contributed by atoms with E-state index in [1.807, 2.05) is 27.7 Å². The maximum Gasteiger partial charge on any atom is 0.410 e. The standard InChI is InChI=1S/C11H21NO3.C6H13NO.CH4O.ClH/c1-10(2,3)15-9(13)12-7-5-11(4,14)6-8-12;1-6(8)2-4-7-5-3-6;1-2;/h14H,5-8H2,1-4H3;7-8H,2-5H2,1H3;2H,1H3;1H. The molecule has 2 heterocycles. The molecule has 0 unspecified atom stereocenters. The van der Waals surface area contributed by atoms with Crippen LogP contribution >= 0.6 is 12.4 Å². The highest BCUT2D eigenvalue weighted by atomic mass is 35.5. The first kappa shape index (κ1) is 27.6. The summed E-state index contributed by atoms with van der Waals surface area (Å²) >= 11 is 0. The first-order valence-corrected chi connectivity index (χ1v) is 8.98. The second-order valence-electron chi connectivity index (χ2n) is 8.21. The lowest BCUT2D eigenvalue weighted by molar-refractivity contribution is -0.0215. The van der Waals surface area contributed by atoms with E-state index in [1.165, 1.54) is 0 Å². The van der Waals surface area contributed by atoms with E-state index in [9.17, 15) is 15.0 Å². The molecular formula is C18H39ClN2O5. The lowest BCUT2D eigenvalue weighted by Crippen LogP contribution is -2.46. The van der Waals surface area contributed by atoms with E-state index in [-0.39, 0.29) is 24.1 Å². The fourth-order valence-corrected chi connectivity index (χ4v) is 2.46. The Labute approximate surface area is 164 Å². The fourth-order valence-electron chi connectivity index (χ4n) is 2.46. The zero-order chi connectivity index (χ0) is 19.7. The summed E-state index contributed by atoms with van der Waals surface area (Å²) in [6.07, 6.45) is 2.75. The van der Waals surface area contributed by atoms with Crippen LogP contribution in [0.25, 0.3) is 0 Å². The van der Waals surface area contributed by atoms with Gasteiger partial charge in [0.15, 0.2) is 0 Å². The molecule has 8 heteroatoms. The van der Waals surface area contributed by atoms with Crippen molar-refractivity contribution in [3.8, 4) is 0 Å². The third kappa shape index (κ3) is 12.7. The zero-order valence-corrected chi connectivity index (χ0v) is 18.0. The molecule has 2 rings (SSSR count). The molecule has 0 aromatic carbocycles. The second-order valence-corrected chi connectivity index (χ2v) is 8.21. The zero-order valence-electron chi connectivity index (χ0n) is 17.2. The lowest BCUT2D eigenvalue weighted by Gasteiger charge is -2.36. The van der Waals surface area contributed by atoms with Crippen LogP contribution < -0.4 is 5.32 Å². The van der Waals surface area contributed by atoms with Crippen LogP contribution in [0.3, 0.4) is 0 Å². The number of hydrogen-bond acceptors (Lipinski definition) is 6. The Hall–Kier alpha value is -0.600. The van der Waals surface area contributed by atoms with E-state index < -0.39 is 11.2 Å². The average Bonchev–Trinajstić information content (AvgIpc) is 2.47. The number of carbonyl (C=O) groups excluding carboxylic acids is 1. The van der Waals surface area contributed by atoms with Gasteiger partial charge in [-0.1, -0.05) is 0 Å². The molecule has 2 aliphatic rings. The molecule has 2 fully saturated rings. The number of nitrogens with one attached hydrogen (secondary N) is 1. The molecule has 1 amide bonds. The first-order chi connectivity index (χ1) is 11.4. The minimum atomic E-state index is -0.626. The van der Waals surface area contributed by atoms with Crippen LogP contribution in [0.1, 0.15) is 60.3 Å². The smallest absolute Gasteiger partial charge is 0.410 e. The minimum Gasteiger partial charge on any atom is -0.444 e. The predicted molar refractivity (Wildman–Crippen MR) is 106 cm³/mol. The van der Waals surface area contributed by atoms with Gasteiger partial charge >= 0.3 is 6.09 Å². The van der Waals surface area contributed by atoms with Crippen LogP contribution in [-0.4, -0.2) is 76.4 Å². The number of likely N-dealkylation sites (tertiary alicyclic amines) is 1. The summed E-state index contributed by atoms with van der Waals surface area (Å²) in [6.45, 7) is 12.3. The summed E-state index contributed by atoms with van der Waals surface area (Å²) in [7, 11) is 1.00. The molecule has 0 saturated carbocycles. The van der Waals surface area contributed by atoms with Gasteiger partial charge in [0.2, 0.25) is 0 Å². The van der Waals surface area contributed by atoms with Crippen molar-refractivity contribution in [1.82, 2.24) is 10.2 Å². The topological polar surface area (TPSA) is 102 Å². The van der Waals surface area contributed by atoms with Gasteiger partial charge in [-0.2, -0.15) is 0 Å². The van der Waals surface area contributed by atoms with Crippen LogP contribution in [0, 0.1) is 0 Å². The Morgan fingerprint density at radius 3 is 1.65 bits per heavy atom. The van der Waals surface area contributed by atoms with E-state index in [1.54, 1.807) is 11.8 Å². The van der Waals surface area contributed by atoms with Crippen molar-refractivity contribution in [2.24, 2.45) is 0 Å². The van der Waals surface area contributed by atoms with E-state index in [4.69, 9.17) is 9.84 Å². The van der Waals surface area contributed by atoms with Crippen molar-refractivity contribution in [3.63, 3.8) is 0 Å². The van der Waals surface area contributed by atoms with Crippen molar-refractivity contribution in [3.05, 3.63) is 0 Å². The molecular weight excluding hydrogens is 360 g/mol. The van der Waals surface area contributed by atoms with Crippen molar-refractivity contribution in [2.45, 2.75) is 77.1 Å². The average molecular weight is 399 g/mol. The largest absolute Gasteiger partial charge is 0.444 e. The number of rotatable bonds is 0. The van der Waals surface area contributed by atoms with Gasteiger partial charge in [-0.25, -0.2) is 4.79 Å². The van der Waals surface area contributed by atoms with Gasteiger partial charge in [-0.3, -0.25) is 0 Å². The third-order valence-corrected chi connectivity index (χ3v) is 4.17. The van der Waals surface area contributed by atoms with Crippen molar-refractivity contribution in [1.29, 1.82) is 0 Å². The summed E-state index contributed by atoms with van der Waals surface area (Å²) in [5.74, 6) is 0. The molecule has 0 aromatic heterocycles. The normalized spacial score (nSPS) is 21.0. The molecule has 0 atom stereocenters. The monoisotopic (exact) mass is 398 g/mol. The Bertz CT molecular complexity index is 380. The maximum atomic E-state index is 11.6. The summed E-state index contributed by atoms with van der Waals surface area (Å²) in [4.78, 5) is 13.3. The molecule has 0 radical (unpaired) electrons. The van der Waals surface area contributed by atoms with Crippen LogP contribution in [0.5, 0.6) is 0 Å². The number of nitrogens with zero attached hydrogens (tertiary/aromatic N) is 1. The summed E-state index contributed by atoms with van der Waals surface area (Å²) in [6, 6.07) is 0. The molecule has 2 saturated heterocycles. The summed E-state index contributed by atoms with van der Waals surface area (Å²) in [5.41, 5.74) is -1.46. The van der Waals surface area contributed by atoms with E-state index in [0.717, 1.165) is 33.0 Å². The van der Waals surface area contributed by atoms with Crippen LogP contribution in [0.4, 0.5) is 4.79 Å². The highest BCUT2D eigenvalue weighted by Gasteiger charge is 2.31. The SMILES string of the molecule is CC1(O)CCN(C(=O)OC(C)(C)C)CC1.CC1(O)CCNCC1.CO.Cl. The van der Waals surface area contributed by atoms with Gasteiger partial charge in [-0.05, 0) is 73.4 Å². The van der Waals surface area contributed by atoms with Crippen molar-refractivity contribution in [2.75, 3.05) is 33.3 Å². The predicted octanol–water partition coefficient (Wildman–Crippen LogP) is 1.92. The van der Waals surface area contributed by atoms with E-state index >= 15 is 0 Å². The number of carbonyl (C=O) groups is 1. The highest BCUT2D eigenvalue weighted by molar-refractivity contribution is 5.85. The lowest BCUT2D eigenvalue weighted by atomic mass is 9.94. The molecule has 26 heavy (non-hydrogen) atoms. The van der Waals surface area contributed by atoms with E-state index in [0.29, 0.717) is 25.9 Å². The number of aliphatic hydroxyl groups is 3. The van der Waals surface area contributed by atoms with Gasteiger partial charge in [0.05, 0.1) is 11.2 Å². The van der Waals surface area contributed by atoms with Crippen LogP contribution in [-0.2, 0) is 4.74 Å². The van der Waals surface area contributed by atoms with Crippen LogP contribution in [0.2, 0.25) is 0 Å². The Morgan fingerprint density at radius 1 is 0.962 bits per heavy atom.